The molecule has 6 heteroatoms. The van der Waals surface area contributed by atoms with Crippen molar-refractivity contribution in [2.24, 2.45) is 5.73 Å². The van der Waals surface area contributed by atoms with Crippen LogP contribution in [0.2, 0.25) is 0 Å². The van der Waals surface area contributed by atoms with Crippen LogP contribution < -0.4 is 5.73 Å². The number of benzene rings is 1. The summed E-state index contributed by atoms with van der Waals surface area (Å²) in [5.41, 5.74) is 7.34. The van der Waals surface area contributed by atoms with Crippen LogP contribution in [-0.2, 0) is 10.0 Å². The number of aryl methyl sites for hydroxylation is 2. The molecule has 2 rings (SSSR count). The molecule has 1 atom stereocenters. The first-order chi connectivity index (χ1) is 9.34. The average Bonchev–Trinajstić information content (AvgIpc) is 2.38. The number of nitrogens with zero attached hydrogens (tertiary/aromatic N) is 1. The van der Waals surface area contributed by atoms with E-state index in [2.05, 4.69) is 0 Å². The normalized spacial score (nSPS) is 20.8. The van der Waals surface area contributed by atoms with Gasteiger partial charge >= 0.3 is 0 Å². The maximum absolute atomic E-state index is 12.8. The fourth-order valence-corrected chi connectivity index (χ4v) is 4.60. The summed E-state index contributed by atoms with van der Waals surface area (Å²) in [5.74, 6) is -0.0713. The van der Waals surface area contributed by atoms with Gasteiger partial charge in [-0.3, -0.25) is 5.41 Å². The zero-order valence-corrected chi connectivity index (χ0v) is 12.7. The summed E-state index contributed by atoms with van der Waals surface area (Å²) in [6.45, 7) is 4.16. The Kier molecular flexibility index (Phi) is 4.15. The third kappa shape index (κ3) is 2.71. The molecule has 0 spiro atoms. The Labute approximate surface area is 120 Å². The zero-order valence-electron chi connectivity index (χ0n) is 11.9. The smallest absolute Gasteiger partial charge is 0.243 e. The van der Waals surface area contributed by atoms with Crippen LogP contribution in [-0.4, -0.2) is 31.1 Å². The van der Waals surface area contributed by atoms with Crippen molar-refractivity contribution in [1.29, 1.82) is 5.41 Å². The number of sulfonamides is 1. The van der Waals surface area contributed by atoms with Crippen molar-refractivity contribution in [1.82, 2.24) is 4.31 Å². The standard InChI is InChI=1S/C14H21N3O2S/c1-10-6-7-13(11(2)9-10)20(18,19)17-8-4-3-5-12(17)14(15)16/h6-7,9,12H,3-5,8H2,1-2H3,(H3,15,16). The molecule has 0 radical (unpaired) electrons. The molecule has 0 aliphatic carbocycles. The van der Waals surface area contributed by atoms with E-state index in [4.69, 9.17) is 11.1 Å². The number of hydrogen-bond acceptors (Lipinski definition) is 3. The van der Waals surface area contributed by atoms with E-state index in [0.29, 0.717) is 17.9 Å². The van der Waals surface area contributed by atoms with Gasteiger partial charge in [-0.1, -0.05) is 24.1 Å². The fraction of sp³-hybridized carbons (Fsp3) is 0.500. The Hall–Kier alpha value is -1.40. The lowest BCUT2D eigenvalue weighted by Gasteiger charge is -2.34. The molecule has 1 unspecified atom stereocenters. The van der Waals surface area contributed by atoms with Gasteiger partial charge in [0, 0.05) is 6.54 Å². The fourth-order valence-electron chi connectivity index (χ4n) is 2.72. The minimum absolute atomic E-state index is 0.0713. The first-order valence-electron chi connectivity index (χ1n) is 6.77. The predicted molar refractivity (Wildman–Crippen MR) is 79.4 cm³/mol. The molecule has 1 aliphatic heterocycles. The minimum Gasteiger partial charge on any atom is -0.386 e. The molecule has 1 fully saturated rings. The van der Waals surface area contributed by atoms with Gasteiger partial charge in [0.2, 0.25) is 10.0 Å². The summed E-state index contributed by atoms with van der Waals surface area (Å²) in [6, 6.07) is 4.80. The first kappa shape index (κ1) is 15.0. The molecule has 110 valence electrons. The Morgan fingerprint density at radius 3 is 2.65 bits per heavy atom. The van der Waals surface area contributed by atoms with E-state index >= 15 is 0 Å². The second-order valence-corrected chi connectivity index (χ2v) is 7.21. The van der Waals surface area contributed by atoms with Gasteiger partial charge < -0.3 is 5.73 Å². The van der Waals surface area contributed by atoms with Crippen LogP contribution in [0.25, 0.3) is 0 Å². The van der Waals surface area contributed by atoms with Crippen LogP contribution in [0, 0.1) is 19.3 Å². The largest absolute Gasteiger partial charge is 0.386 e. The number of piperidine rings is 1. The molecule has 0 amide bonds. The molecule has 3 N–H and O–H groups in total. The molecule has 0 saturated carbocycles. The SMILES string of the molecule is Cc1ccc(S(=O)(=O)N2CCCCC2C(=N)N)c(C)c1. The van der Waals surface area contributed by atoms with Gasteiger partial charge in [0.15, 0.2) is 0 Å². The van der Waals surface area contributed by atoms with E-state index in [1.54, 1.807) is 19.1 Å². The highest BCUT2D eigenvalue weighted by atomic mass is 32.2. The molecule has 0 bridgehead atoms. The Bertz CT molecular complexity index is 625. The van der Waals surface area contributed by atoms with E-state index in [0.717, 1.165) is 24.0 Å². The molecular formula is C14H21N3O2S. The lowest BCUT2D eigenvalue weighted by Crippen LogP contribution is -2.50. The van der Waals surface area contributed by atoms with Gasteiger partial charge in [-0.05, 0) is 38.3 Å². The van der Waals surface area contributed by atoms with Crippen molar-refractivity contribution < 1.29 is 8.42 Å². The highest BCUT2D eigenvalue weighted by molar-refractivity contribution is 7.89. The topological polar surface area (TPSA) is 87.2 Å². The van der Waals surface area contributed by atoms with Crippen LogP contribution in [0.15, 0.2) is 23.1 Å². The second kappa shape index (κ2) is 5.54. The van der Waals surface area contributed by atoms with Crippen LogP contribution in [0.4, 0.5) is 0 Å². The highest BCUT2D eigenvalue weighted by Gasteiger charge is 2.35. The lowest BCUT2D eigenvalue weighted by molar-refractivity contribution is 0.303. The van der Waals surface area contributed by atoms with Crippen LogP contribution in [0.5, 0.6) is 0 Å². The van der Waals surface area contributed by atoms with Crippen molar-refractivity contribution in [3.63, 3.8) is 0 Å². The Morgan fingerprint density at radius 2 is 2.05 bits per heavy atom. The number of rotatable bonds is 3. The predicted octanol–water partition coefficient (Wildman–Crippen LogP) is 1.78. The number of nitrogens with two attached hydrogens (primary N) is 1. The molecule has 1 aromatic rings. The molecule has 5 nitrogen and oxygen atoms in total. The molecule has 0 aromatic heterocycles. The Morgan fingerprint density at radius 1 is 1.35 bits per heavy atom. The van der Waals surface area contributed by atoms with Gasteiger partial charge in [-0.15, -0.1) is 0 Å². The summed E-state index contributed by atoms with van der Waals surface area (Å²) in [4.78, 5) is 0.316. The van der Waals surface area contributed by atoms with E-state index in [9.17, 15) is 8.42 Å². The van der Waals surface area contributed by atoms with Crippen molar-refractivity contribution in [3.8, 4) is 0 Å². The lowest BCUT2D eigenvalue weighted by atomic mass is 10.0. The average molecular weight is 295 g/mol. The summed E-state index contributed by atoms with van der Waals surface area (Å²) in [7, 11) is -3.59. The van der Waals surface area contributed by atoms with Gasteiger partial charge in [0.25, 0.3) is 0 Å². The molecule has 1 aliphatic rings. The third-order valence-electron chi connectivity index (χ3n) is 3.73. The maximum Gasteiger partial charge on any atom is 0.243 e. The molecule has 1 heterocycles. The van der Waals surface area contributed by atoms with Gasteiger partial charge in [0.1, 0.15) is 5.84 Å². The number of hydrogen-bond donors (Lipinski definition) is 2. The summed E-state index contributed by atoms with van der Waals surface area (Å²) < 4.78 is 27.0. The van der Waals surface area contributed by atoms with Crippen molar-refractivity contribution in [2.45, 2.75) is 44.0 Å². The number of nitrogens with one attached hydrogen (secondary N) is 1. The monoisotopic (exact) mass is 295 g/mol. The van der Waals surface area contributed by atoms with E-state index in [1.165, 1.54) is 4.31 Å². The number of amidine groups is 1. The molecule has 1 saturated heterocycles. The van der Waals surface area contributed by atoms with Crippen molar-refractivity contribution in [2.75, 3.05) is 6.54 Å². The second-order valence-electron chi connectivity index (χ2n) is 5.35. The quantitative estimate of drug-likeness (QED) is 0.658. The van der Waals surface area contributed by atoms with E-state index < -0.39 is 16.1 Å². The molecule has 1 aromatic carbocycles. The van der Waals surface area contributed by atoms with Crippen molar-refractivity contribution >= 4 is 15.9 Å². The maximum atomic E-state index is 12.8. The van der Waals surface area contributed by atoms with Crippen LogP contribution in [0.3, 0.4) is 0 Å². The van der Waals surface area contributed by atoms with E-state index in [1.807, 2.05) is 13.0 Å². The minimum atomic E-state index is -3.59. The van der Waals surface area contributed by atoms with Crippen molar-refractivity contribution in [3.05, 3.63) is 29.3 Å². The summed E-state index contributed by atoms with van der Waals surface area (Å²) >= 11 is 0. The molecule has 20 heavy (non-hydrogen) atoms. The van der Waals surface area contributed by atoms with Crippen LogP contribution in [0.1, 0.15) is 30.4 Å². The summed E-state index contributed by atoms with van der Waals surface area (Å²) in [6.07, 6.45) is 2.34. The molecular weight excluding hydrogens is 274 g/mol. The van der Waals surface area contributed by atoms with Gasteiger partial charge in [0.05, 0.1) is 10.9 Å². The van der Waals surface area contributed by atoms with Gasteiger partial charge in [-0.25, -0.2) is 8.42 Å². The van der Waals surface area contributed by atoms with Crippen LogP contribution >= 0.6 is 0 Å². The first-order valence-corrected chi connectivity index (χ1v) is 8.21. The highest BCUT2D eigenvalue weighted by Crippen LogP contribution is 2.27. The van der Waals surface area contributed by atoms with E-state index in [-0.39, 0.29) is 5.84 Å². The Balaban J connectivity index is 2.45. The third-order valence-corrected chi connectivity index (χ3v) is 5.80. The summed E-state index contributed by atoms with van der Waals surface area (Å²) in [5, 5.41) is 7.62. The van der Waals surface area contributed by atoms with Gasteiger partial charge in [-0.2, -0.15) is 4.31 Å². The zero-order chi connectivity index (χ0) is 14.9.